The molecule has 1 aromatic carbocycles. The molecule has 0 saturated carbocycles. The molecule has 2 heterocycles. The van der Waals surface area contributed by atoms with E-state index in [-0.39, 0.29) is 5.91 Å². The van der Waals surface area contributed by atoms with Crippen molar-refractivity contribution < 1.29 is 14.3 Å². The van der Waals surface area contributed by atoms with E-state index in [1.807, 2.05) is 6.92 Å². The lowest BCUT2D eigenvalue weighted by molar-refractivity contribution is 0.102. The Balaban J connectivity index is 1.78. The Labute approximate surface area is 144 Å². The van der Waals surface area contributed by atoms with Gasteiger partial charge in [0.2, 0.25) is 5.95 Å². The first kappa shape index (κ1) is 16.4. The summed E-state index contributed by atoms with van der Waals surface area (Å²) in [7, 11) is 3.06. The van der Waals surface area contributed by atoms with Crippen LogP contribution in [0.3, 0.4) is 0 Å². The van der Waals surface area contributed by atoms with Crippen molar-refractivity contribution in [3.63, 3.8) is 0 Å². The number of hydrogen-bond donors (Lipinski definition) is 1. The van der Waals surface area contributed by atoms with Gasteiger partial charge in [0.1, 0.15) is 17.3 Å². The molecule has 0 radical (unpaired) electrons. The van der Waals surface area contributed by atoms with E-state index in [4.69, 9.17) is 9.47 Å². The minimum absolute atomic E-state index is 0.313. The lowest BCUT2D eigenvalue weighted by Gasteiger charge is -2.09. The van der Waals surface area contributed by atoms with Gasteiger partial charge in [-0.25, -0.2) is 15.0 Å². The fourth-order valence-electron chi connectivity index (χ4n) is 2.24. The Kier molecular flexibility index (Phi) is 4.60. The molecular weight excluding hydrogens is 322 g/mol. The smallest absolute Gasteiger partial charge is 0.256 e. The zero-order valence-corrected chi connectivity index (χ0v) is 14.1. The molecule has 25 heavy (non-hydrogen) atoms. The molecule has 0 aliphatic heterocycles. The van der Waals surface area contributed by atoms with Gasteiger partial charge in [-0.1, -0.05) is 0 Å². The second kappa shape index (κ2) is 7.00. The van der Waals surface area contributed by atoms with Gasteiger partial charge in [-0.2, -0.15) is 0 Å². The second-order valence-electron chi connectivity index (χ2n) is 5.17. The molecule has 128 valence electrons. The Morgan fingerprint density at radius 1 is 1.04 bits per heavy atom. The number of carbonyl (C=O) groups is 1. The summed E-state index contributed by atoms with van der Waals surface area (Å²) in [4.78, 5) is 25.0. The molecule has 0 fully saturated rings. The quantitative estimate of drug-likeness (QED) is 0.766. The van der Waals surface area contributed by atoms with Crippen molar-refractivity contribution >= 4 is 11.6 Å². The number of imidazole rings is 1. The first-order chi connectivity index (χ1) is 12.1. The van der Waals surface area contributed by atoms with E-state index in [0.717, 1.165) is 5.82 Å². The highest BCUT2D eigenvalue weighted by atomic mass is 16.5. The van der Waals surface area contributed by atoms with Crippen LogP contribution in [-0.2, 0) is 0 Å². The number of aryl methyl sites for hydroxylation is 1. The van der Waals surface area contributed by atoms with E-state index in [1.54, 1.807) is 35.2 Å². The molecule has 3 rings (SSSR count). The predicted molar refractivity (Wildman–Crippen MR) is 91.4 cm³/mol. The van der Waals surface area contributed by atoms with E-state index in [9.17, 15) is 4.79 Å². The molecular formula is C17H17N5O3. The summed E-state index contributed by atoms with van der Waals surface area (Å²) in [5, 5.41) is 2.75. The number of nitrogens with one attached hydrogen (secondary N) is 1. The number of carbonyl (C=O) groups excluding carboxylic acids is 1. The monoisotopic (exact) mass is 339 g/mol. The third kappa shape index (κ3) is 3.57. The van der Waals surface area contributed by atoms with Crippen molar-refractivity contribution in [3.05, 3.63) is 54.4 Å². The number of hydrogen-bond acceptors (Lipinski definition) is 6. The van der Waals surface area contributed by atoms with Crippen molar-refractivity contribution in [3.8, 4) is 17.4 Å². The van der Waals surface area contributed by atoms with Crippen LogP contribution in [0.4, 0.5) is 5.69 Å². The summed E-state index contributed by atoms with van der Waals surface area (Å²) in [6.07, 6.45) is 6.52. The standard InChI is InChI=1S/C17H17N5O3/c1-11-18-4-5-22(11)17-19-9-13(10-20-17)21-16(23)12-6-14(24-2)8-15(7-12)25-3/h4-10H,1-3H3,(H,21,23). The van der Waals surface area contributed by atoms with E-state index >= 15 is 0 Å². The number of ether oxygens (including phenoxy) is 2. The van der Waals surface area contributed by atoms with Crippen LogP contribution in [0.2, 0.25) is 0 Å². The highest BCUT2D eigenvalue weighted by molar-refractivity contribution is 6.04. The molecule has 0 aliphatic carbocycles. The molecule has 3 aromatic rings. The molecule has 0 spiro atoms. The van der Waals surface area contributed by atoms with Crippen LogP contribution >= 0.6 is 0 Å². The first-order valence-corrected chi connectivity index (χ1v) is 7.47. The van der Waals surface area contributed by atoms with Gasteiger partial charge in [-0.3, -0.25) is 9.36 Å². The van der Waals surface area contributed by atoms with Crippen LogP contribution in [0.15, 0.2) is 43.0 Å². The topological polar surface area (TPSA) is 91.2 Å². The van der Waals surface area contributed by atoms with Gasteiger partial charge in [0.25, 0.3) is 5.91 Å². The number of methoxy groups -OCH3 is 2. The van der Waals surface area contributed by atoms with Crippen molar-refractivity contribution in [2.24, 2.45) is 0 Å². The molecule has 0 saturated heterocycles. The van der Waals surface area contributed by atoms with E-state index in [2.05, 4.69) is 20.3 Å². The molecule has 1 amide bonds. The first-order valence-electron chi connectivity index (χ1n) is 7.47. The Bertz CT molecular complexity index is 867. The summed E-state index contributed by atoms with van der Waals surface area (Å²) in [5.41, 5.74) is 0.888. The lowest BCUT2D eigenvalue weighted by atomic mass is 10.2. The molecule has 0 bridgehead atoms. The average molecular weight is 339 g/mol. The Morgan fingerprint density at radius 3 is 2.20 bits per heavy atom. The number of benzene rings is 1. The molecule has 0 atom stereocenters. The van der Waals surface area contributed by atoms with Crippen LogP contribution < -0.4 is 14.8 Å². The minimum Gasteiger partial charge on any atom is -0.497 e. The molecule has 0 aliphatic rings. The van der Waals surface area contributed by atoms with E-state index in [1.165, 1.54) is 26.6 Å². The number of rotatable bonds is 5. The average Bonchev–Trinajstić information content (AvgIpc) is 3.07. The van der Waals surface area contributed by atoms with Crippen molar-refractivity contribution in [2.75, 3.05) is 19.5 Å². The summed E-state index contributed by atoms with van der Waals surface area (Å²) >= 11 is 0. The maximum Gasteiger partial charge on any atom is 0.256 e. The molecule has 8 nitrogen and oxygen atoms in total. The van der Waals surface area contributed by atoms with Crippen LogP contribution in [0.1, 0.15) is 16.2 Å². The largest absolute Gasteiger partial charge is 0.497 e. The maximum absolute atomic E-state index is 12.4. The third-order valence-corrected chi connectivity index (χ3v) is 3.55. The highest BCUT2D eigenvalue weighted by Crippen LogP contribution is 2.23. The van der Waals surface area contributed by atoms with Crippen molar-refractivity contribution in [2.45, 2.75) is 6.92 Å². The normalized spacial score (nSPS) is 10.4. The van der Waals surface area contributed by atoms with Crippen molar-refractivity contribution in [1.82, 2.24) is 19.5 Å². The van der Waals surface area contributed by atoms with Crippen LogP contribution in [0.25, 0.3) is 5.95 Å². The zero-order chi connectivity index (χ0) is 17.8. The molecule has 2 aromatic heterocycles. The van der Waals surface area contributed by atoms with Crippen LogP contribution in [0.5, 0.6) is 11.5 Å². The molecule has 1 N–H and O–H groups in total. The lowest BCUT2D eigenvalue weighted by Crippen LogP contribution is -2.13. The van der Waals surface area contributed by atoms with E-state index < -0.39 is 0 Å². The van der Waals surface area contributed by atoms with E-state index in [0.29, 0.717) is 28.7 Å². The summed E-state index contributed by atoms with van der Waals surface area (Å²) in [6.45, 7) is 1.86. The maximum atomic E-state index is 12.4. The zero-order valence-electron chi connectivity index (χ0n) is 14.1. The minimum atomic E-state index is -0.313. The number of nitrogens with zero attached hydrogens (tertiary/aromatic N) is 4. The fourth-order valence-corrected chi connectivity index (χ4v) is 2.24. The SMILES string of the molecule is COc1cc(OC)cc(C(=O)Nc2cnc(-n3ccnc3C)nc2)c1. The van der Waals surface area contributed by atoms with Gasteiger partial charge in [0, 0.05) is 24.0 Å². The fraction of sp³-hybridized carbons (Fsp3) is 0.176. The summed E-state index contributed by atoms with van der Waals surface area (Å²) in [5.74, 6) is 2.02. The Morgan fingerprint density at radius 2 is 1.68 bits per heavy atom. The van der Waals surface area contributed by atoms with Gasteiger partial charge < -0.3 is 14.8 Å². The van der Waals surface area contributed by atoms with Crippen LogP contribution in [0, 0.1) is 6.92 Å². The third-order valence-electron chi connectivity index (χ3n) is 3.55. The number of amides is 1. The second-order valence-corrected chi connectivity index (χ2v) is 5.17. The predicted octanol–water partition coefficient (Wildman–Crippen LogP) is 2.24. The van der Waals surface area contributed by atoms with Gasteiger partial charge in [-0.15, -0.1) is 0 Å². The van der Waals surface area contributed by atoms with Crippen LogP contribution in [-0.4, -0.2) is 39.6 Å². The Hall–Kier alpha value is -3.42. The number of anilines is 1. The van der Waals surface area contributed by atoms with Crippen molar-refractivity contribution in [1.29, 1.82) is 0 Å². The summed E-state index contributed by atoms with van der Waals surface area (Å²) < 4.78 is 12.1. The molecule has 8 heteroatoms. The van der Waals surface area contributed by atoms with Gasteiger partial charge in [0.15, 0.2) is 0 Å². The summed E-state index contributed by atoms with van der Waals surface area (Å²) in [6, 6.07) is 4.95. The highest BCUT2D eigenvalue weighted by Gasteiger charge is 2.11. The van der Waals surface area contributed by atoms with Gasteiger partial charge >= 0.3 is 0 Å². The van der Waals surface area contributed by atoms with Gasteiger partial charge in [0.05, 0.1) is 32.3 Å². The number of aromatic nitrogens is 4. The molecule has 0 unspecified atom stereocenters. The van der Waals surface area contributed by atoms with Gasteiger partial charge in [-0.05, 0) is 19.1 Å².